The first-order chi connectivity index (χ1) is 14.8. The van der Waals surface area contributed by atoms with Crippen molar-refractivity contribution < 1.29 is 24.2 Å². The number of fused-ring (bicyclic) bond motifs is 2. The summed E-state index contributed by atoms with van der Waals surface area (Å²) in [5.41, 5.74) is 1.66. The predicted molar refractivity (Wildman–Crippen MR) is 114 cm³/mol. The summed E-state index contributed by atoms with van der Waals surface area (Å²) in [6, 6.07) is 6.58. The van der Waals surface area contributed by atoms with Gasteiger partial charge in [0.05, 0.1) is 30.0 Å². The molecule has 0 saturated heterocycles. The number of hydrogen-bond donors (Lipinski definition) is 5. The molecule has 0 radical (unpaired) electrons. The van der Waals surface area contributed by atoms with Crippen molar-refractivity contribution in [2.75, 3.05) is 31.6 Å². The van der Waals surface area contributed by atoms with Gasteiger partial charge in [-0.1, -0.05) is 6.07 Å². The van der Waals surface area contributed by atoms with E-state index in [1.807, 2.05) is 6.92 Å². The van der Waals surface area contributed by atoms with Gasteiger partial charge < -0.3 is 30.8 Å². The van der Waals surface area contributed by atoms with Gasteiger partial charge in [0.1, 0.15) is 0 Å². The van der Waals surface area contributed by atoms with Crippen LogP contribution in [0, 0.1) is 6.92 Å². The molecule has 2 aliphatic heterocycles. The van der Waals surface area contributed by atoms with Crippen LogP contribution in [0.1, 0.15) is 39.8 Å². The number of aliphatic hydroxyl groups is 1. The molecule has 9 heteroatoms. The van der Waals surface area contributed by atoms with Crippen molar-refractivity contribution in [1.29, 1.82) is 0 Å². The Morgan fingerprint density at radius 1 is 1.00 bits per heavy atom. The van der Waals surface area contributed by atoms with Gasteiger partial charge in [-0.05, 0) is 43.7 Å². The molecule has 0 unspecified atom stereocenters. The molecule has 3 amide bonds. The molecular formula is C22H24N4O5. The molecule has 162 valence electrons. The van der Waals surface area contributed by atoms with Crippen molar-refractivity contribution in [3.8, 4) is 0 Å². The van der Waals surface area contributed by atoms with Crippen LogP contribution in [-0.4, -0.2) is 54.1 Å². The molecule has 2 aromatic rings. The minimum Gasteiger partial charge on any atom is -0.378 e. The molecule has 1 aromatic carbocycles. The molecule has 2 aliphatic rings. The Balaban J connectivity index is 1.82. The predicted octanol–water partition coefficient (Wildman–Crippen LogP) is 0.900. The lowest BCUT2D eigenvalue weighted by Crippen LogP contribution is -2.43. The number of benzene rings is 1. The van der Waals surface area contributed by atoms with Crippen LogP contribution in [0.15, 0.2) is 24.3 Å². The number of nitrogens with one attached hydrogen (secondary N) is 4. The number of ether oxygens (including phenoxy) is 1. The average Bonchev–Trinajstić information content (AvgIpc) is 3.25. The highest BCUT2D eigenvalue weighted by molar-refractivity contribution is 6.35. The summed E-state index contributed by atoms with van der Waals surface area (Å²) in [5, 5.41) is 19.1. The molecule has 0 aliphatic carbocycles. The van der Waals surface area contributed by atoms with Crippen molar-refractivity contribution in [3.63, 3.8) is 0 Å². The van der Waals surface area contributed by atoms with Crippen LogP contribution >= 0.6 is 0 Å². The number of carbonyl (C=O) groups is 3. The lowest BCUT2D eigenvalue weighted by molar-refractivity contribution is -0.139. The number of rotatable bonds is 0. The number of aromatic amines is 1. The number of carbonyl (C=O) groups excluding carboxylic acids is 3. The largest absolute Gasteiger partial charge is 0.378 e. The summed E-state index contributed by atoms with van der Waals surface area (Å²) in [4.78, 5) is 41.0. The first kappa shape index (κ1) is 20.8. The lowest BCUT2D eigenvalue weighted by atomic mass is 9.91. The maximum atomic E-state index is 12.7. The number of anilines is 1. The summed E-state index contributed by atoms with van der Waals surface area (Å²) < 4.78 is 5.43. The van der Waals surface area contributed by atoms with Crippen molar-refractivity contribution in [2.45, 2.75) is 19.4 Å². The van der Waals surface area contributed by atoms with Gasteiger partial charge >= 0.3 is 0 Å². The van der Waals surface area contributed by atoms with E-state index in [1.165, 1.54) is 6.92 Å². The maximum Gasteiger partial charge on any atom is 0.256 e. The van der Waals surface area contributed by atoms with Crippen LogP contribution in [0.4, 0.5) is 5.69 Å². The molecule has 1 aromatic heterocycles. The molecule has 0 fully saturated rings. The second-order valence-corrected chi connectivity index (χ2v) is 7.75. The van der Waals surface area contributed by atoms with Crippen LogP contribution in [0.2, 0.25) is 0 Å². The van der Waals surface area contributed by atoms with Gasteiger partial charge in [0.2, 0.25) is 0 Å². The quantitative estimate of drug-likeness (QED) is 0.429. The zero-order chi connectivity index (χ0) is 22.2. The van der Waals surface area contributed by atoms with E-state index >= 15 is 0 Å². The van der Waals surface area contributed by atoms with Crippen LogP contribution in [0.3, 0.4) is 0 Å². The van der Waals surface area contributed by atoms with Crippen LogP contribution in [0.25, 0.3) is 11.6 Å². The van der Waals surface area contributed by atoms with Gasteiger partial charge in [0.15, 0.2) is 5.60 Å². The molecule has 4 rings (SSSR count). The van der Waals surface area contributed by atoms with Gasteiger partial charge in [-0.2, -0.15) is 0 Å². The normalized spacial score (nSPS) is 23.7. The van der Waals surface area contributed by atoms with Crippen molar-refractivity contribution in [2.24, 2.45) is 0 Å². The molecule has 5 N–H and O–H groups in total. The summed E-state index contributed by atoms with van der Waals surface area (Å²) in [6.07, 6.45) is 1.61. The SMILES string of the molecule is Cc1cc2c([nH]1)/C=C1\C(=O)Nc3ccc(cc31)[C@](C)(O)C(=O)NCCOCCNC2=O. The van der Waals surface area contributed by atoms with E-state index in [1.54, 1.807) is 30.3 Å². The minimum atomic E-state index is -1.80. The fraction of sp³-hybridized carbons (Fsp3) is 0.318. The number of aryl methyl sites for hydroxylation is 1. The van der Waals surface area contributed by atoms with E-state index in [2.05, 4.69) is 20.9 Å². The second-order valence-electron chi connectivity index (χ2n) is 7.75. The Morgan fingerprint density at radius 2 is 1.74 bits per heavy atom. The van der Waals surface area contributed by atoms with E-state index in [9.17, 15) is 19.5 Å². The zero-order valence-electron chi connectivity index (χ0n) is 17.3. The van der Waals surface area contributed by atoms with Crippen molar-refractivity contribution in [3.05, 3.63) is 52.3 Å². The first-order valence-corrected chi connectivity index (χ1v) is 10.0. The maximum absolute atomic E-state index is 12.7. The van der Waals surface area contributed by atoms with E-state index in [-0.39, 0.29) is 38.1 Å². The van der Waals surface area contributed by atoms with Crippen LogP contribution in [-0.2, 0) is 19.9 Å². The fourth-order valence-corrected chi connectivity index (χ4v) is 3.66. The van der Waals surface area contributed by atoms with Gasteiger partial charge in [0, 0.05) is 30.0 Å². The van der Waals surface area contributed by atoms with Crippen molar-refractivity contribution >= 4 is 35.1 Å². The summed E-state index contributed by atoms with van der Waals surface area (Å²) in [6.45, 7) is 4.23. The number of hydrogen-bond acceptors (Lipinski definition) is 5. The van der Waals surface area contributed by atoms with Gasteiger partial charge in [-0.15, -0.1) is 0 Å². The van der Waals surface area contributed by atoms with E-state index < -0.39 is 11.5 Å². The van der Waals surface area contributed by atoms with E-state index in [0.29, 0.717) is 33.6 Å². The molecule has 3 heterocycles. The molecule has 0 spiro atoms. The van der Waals surface area contributed by atoms with E-state index in [0.717, 1.165) is 5.69 Å². The van der Waals surface area contributed by atoms with Gasteiger partial charge in [-0.3, -0.25) is 14.4 Å². The Labute approximate surface area is 178 Å². The molecule has 1 atom stereocenters. The topological polar surface area (TPSA) is 133 Å². The molecular weight excluding hydrogens is 400 g/mol. The summed E-state index contributed by atoms with van der Waals surface area (Å²) in [5.74, 6) is -1.19. The Bertz CT molecular complexity index is 1100. The molecule has 0 saturated carbocycles. The van der Waals surface area contributed by atoms with Crippen LogP contribution in [0.5, 0.6) is 0 Å². The number of aromatic nitrogens is 1. The summed E-state index contributed by atoms with van der Waals surface area (Å²) >= 11 is 0. The zero-order valence-corrected chi connectivity index (χ0v) is 17.3. The standard InChI is InChI=1S/C22H24N4O5/c1-12-9-16-18(25-12)11-15-14-10-13(3-4-17(14)26-20(15)28)22(2,30)21(29)24-6-8-31-7-5-23-19(16)27/h3-4,9-11,25,30H,5-8H2,1-2H3,(H,23,27)(H,24,29)(H,26,28)/b15-11-/t22-/m0/s1. The summed E-state index contributed by atoms with van der Waals surface area (Å²) in [7, 11) is 0. The number of H-pyrrole nitrogens is 1. The van der Waals surface area contributed by atoms with E-state index in [4.69, 9.17) is 4.74 Å². The Hall–Kier alpha value is -3.43. The monoisotopic (exact) mass is 424 g/mol. The second kappa shape index (κ2) is 8.01. The highest BCUT2D eigenvalue weighted by Crippen LogP contribution is 2.36. The van der Waals surface area contributed by atoms with Crippen LogP contribution < -0.4 is 16.0 Å². The minimum absolute atomic E-state index is 0.209. The Morgan fingerprint density at radius 3 is 2.52 bits per heavy atom. The molecule has 9 nitrogen and oxygen atoms in total. The molecule has 2 bridgehead atoms. The van der Waals surface area contributed by atoms with Crippen molar-refractivity contribution in [1.82, 2.24) is 15.6 Å². The Kier molecular flexibility index (Phi) is 5.38. The van der Waals surface area contributed by atoms with Gasteiger partial charge in [0.25, 0.3) is 17.7 Å². The third-order valence-electron chi connectivity index (χ3n) is 5.39. The highest BCUT2D eigenvalue weighted by Gasteiger charge is 2.35. The van der Waals surface area contributed by atoms with Gasteiger partial charge in [-0.25, -0.2) is 0 Å². The third kappa shape index (κ3) is 3.97. The third-order valence-corrected chi connectivity index (χ3v) is 5.39. The lowest BCUT2D eigenvalue weighted by Gasteiger charge is -2.23. The number of amides is 3. The molecule has 31 heavy (non-hydrogen) atoms. The fourth-order valence-electron chi connectivity index (χ4n) is 3.66. The first-order valence-electron chi connectivity index (χ1n) is 10.0. The highest BCUT2D eigenvalue weighted by atomic mass is 16.5. The smallest absolute Gasteiger partial charge is 0.256 e. The average molecular weight is 424 g/mol.